The third-order valence-electron chi connectivity index (χ3n) is 3.52. The highest BCUT2D eigenvalue weighted by molar-refractivity contribution is 6.30. The second-order valence-electron chi connectivity index (χ2n) is 5.38. The molecular weight excluding hydrogens is 338 g/mol. The van der Waals surface area contributed by atoms with Gasteiger partial charge in [-0.15, -0.1) is 0 Å². The van der Waals surface area contributed by atoms with Gasteiger partial charge in [-0.2, -0.15) is 0 Å². The molecular formula is C18H16ClN5O. The van der Waals surface area contributed by atoms with Crippen LogP contribution in [0.4, 0.5) is 11.6 Å². The molecule has 2 aromatic heterocycles. The van der Waals surface area contributed by atoms with Gasteiger partial charge in [0.05, 0.1) is 17.8 Å². The summed E-state index contributed by atoms with van der Waals surface area (Å²) in [7, 11) is 0. The van der Waals surface area contributed by atoms with Crippen molar-refractivity contribution in [2.24, 2.45) is 0 Å². The number of halogens is 1. The first-order chi connectivity index (χ1) is 12.1. The average Bonchev–Trinajstić information content (AvgIpc) is 2.64. The summed E-state index contributed by atoms with van der Waals surface area (Å²) in [5.41, 5.74) is 3.00. The fraction of sp³-hybridized carbons (Fsp3) is 0.111. The van der Waals surface area contributed by atoms with Gasteiger partial charge < -0.3 is 10.6 Å². The van der Waals surface area contributed by atoms with Crippen molar-refractivity contribution in [3.63, 3.8) is 0 Å². The van der Waals surface area contributed by atoms with Gasteiger partial charge in [-0.3, -0.25) is 9.78 Å². The molecule has 126 valence electrons. The lowest BCUT2D eigenvalue weighted by molar-refractivity contribution is 0.0949. The molecule has 7 heteroatoms. The van der Waals surface area contributed by atoms with Gasteiger partial charge in [0, 0.05) is 29.3 Å². The van der Waals surface area contributed by atoms with Crippen LogP contribution in [0.25, 0.3) is 0 Å². The minimum absolute atomic E-state index is 0.254. The van der Waals surface area contributed by atoms with Crippen LogP contribution in [0, 0.1) is 6.92 Å². The largest absolute Gasteiger partial charge is 0.346 e. The van der Waals surface area contributed by atoms with Crippen molar-refractivity contribution in [1.29, 1.82) is 0 Å². The van der Waals surface area contributed by atoms with Crippen molar-refractivity contribution in [2.75, 3.05) is 5.32 Å². The van der Waals surface area contributed by atoms with Crippen molar-refractivity contribution in [3.8, 4) is 0 Å². The van der Waals surface area contributed by atoms with E-state index in [9.17, 15) is 4.79 Å². The van der Waals surface area contributed by atoms with Crippen LogP contribution in [0.3, 0.4) is 0 Å². The van der Waals surface area contributed by atoms with Gasteiger partial charge in [-0.05, 0) is 36.8 Å². The fourth-order valence-electron chi connectivity index (χ4n) is 2.13. The molecule has 3 aromatic rings. The van der Waals surface area contributed by atoms with Crippen LogP contribution in [-0.4, -0.2) is 20.9 Å². The number of amides is 1. The summed E-state index contributed by atoms with van der Waals surface area (Å²) in [5, 5.41) is 6.49. The number of rotatable bonds is 5. The van der Waals surface area contributed by atoms with E-state index in [1.165, 1.54) is 12.4 Å². The van der Waals surface area contributed by atoms with E-state index in [0.29, 0.717) is 23.1 Å². The molecule has 25 heavy (non-hydrogen) atoms. The standard InChI is InChI=1S/C18H16ClN5O/c1-12-5-6-14(19)8-16(12)24-18-22-9-13(10-23-18)17(25)21-11-15-4-2-3-7-20-15/h2-10H,11H2,1H3,(H,21,25)(H,22,23,24). The Kier molecular flexibility index (Phi) is 5.20. The quantitative estimate of drug-likeness (QED) is 0.733. The monoisotopic (exact) mass is 353 g/mol. The molecule has 0 atom stereocenters. The number of aryl methyl sites for hydroxylation is 1. The molecule has 0 unspecified atom stereocenters. The molecule has 0 bridgehead atoms. The summed E-state index contributed by atoms with van der Waals surface area (Å²) in [6, 6.07) is 11.1. The van der Waals surface area contributed by atoms with Crippen LogP contribution in [0.15, 0.2) is 55.0 Å². The first-order valence-corrected chi connectivity index (χ1v) is 8.03. The number of nitrogens with zero attached hydrogens (tertiary/aromatic N) is 3. The van der Waals surface area contributed by atoms with E-state index < -0.39 is 0 Å². The fourth-order valence-corrected chi connectivity index (χ4v) is 2.31. The molecule has 0 fully saturated rings. The molecule has 0 aliphatic carbocycles. The van der Waals surface area contributed by atoms with Gasteiger partial charge >= 0.3 is 0 Å². The van der Waals surface area contributed by atoms with E-state index in [1.54, 1.807) is 12.3 Å². The van der Waals surface area contributed by atoms with Crippen molar-refractivity contribution >= 4 is 29.1 Å². The molecule has 1 aromatic carbocycles. The van der Waals surface area contributed by atoms with Gasteiger partial charge in [0.2, 0.25) is 5.95 Å². The van der Waals surface area contributed by atoms with Crippen molar-refractivity contribution in [2.45, 2.75) is 13.5 Å². The minimum atomic E-state index is -0.254. The first-order valence-electron chi connectivity index (χ1n) is 7.65. The highest BCUT2D eigenvalue weighted by atomic mass is 35.5. The van der Waals surface area contributed by atoms with E-state index in [2.05, 4.69) is 25.6 Å². The van der Waals surface area contributed by atoms with E-state index >= 15 is 0 Å². The SMILES string of the molecule is Cc1ccc(Cl)cc1Nc1ncc(C(=O)NCc2ccccn2)cn1. The Hall–Kier alpha value is -2.99. The average molecular weight is 354 g/mol. The molecule has 0 saturated heterocycles. The second kappa shape index (κ2) is 7.72. The summed E-state index contributed by atoms with van der Waals surface area (Å²) in [6.07, 6.45) is 4.63. The zero-order valence-electron chi connectivity index (χ0n) is 13.5. The molecule has 0 radical (unpaired) electrons. The Morgan fingerprint density at radius 2 is 1.92 bits per heavy atom. The molecule has 2 heterocycles. The van der Waals surface area contributed by atoms with Crippen LogP contribution in [0.5, 0.6) is 0 Å². The molecule has 0 saturated carbocycles. The molecule has 2 N–H and O–H groups in total. The highest BCUT2D eigenvalue weighted by Gasteiger charge is 2.08. The summed E-state index contributed by atoms with van der Waals surface area (Å²) in [4.78, 5) is 24.6. The normalized spacial score (nSPS) is 10.3. The van der Waals surface area contributed by atoms with Crippen molar-refractivity contribution < 1.29 is 4.79 Å². The number of carbonyl (C=O) groups is 1. The highest BCUT2D eigenvalue weighted by Crippen LogP contribution is 2.22. The predicted molar refractivity (Wildman–Crippen MR) is 96.9 cm³/mol. The molecule has 0 aliphatic heterocycles. The molecule has 1 amide bonds. The van der Waals surface area contributed by atoms with Crippen LogP contribution in [0.1, 0.15) is 21.6 Å². The Labute approximate surface area is 150 Å². The topological polar surface area (TPSA) is 79.8 Å². The maximum Gasteiger partial charge on any atom is 0.254 e. The summed E-state index contributed by atoms with van der Waals surface area (Å²) in [5.74, 6) is 0.141. The lowest BCUT2D eigenvalue weighted by Gasteiger charge is -2.09. The van der Waals surface area contributed by atoms with Crippen molar-refractivity contribution in [1.82, 2.24) is 20.3 Å². The number of anilines is 2. The van der Waals surface area contributed by atoms with Gasteiger partial charge in [0.15, 0.2) is 0 Å². The van der Waals surface area contributed by atoms with Gasteiger partial charge in [-0.1, -0.05) is 23.7 Å². The molecule has 0 aliphatic rings. The second-order valence-corrected chi connectivity index (χ2v) is 5.82. The first kappa shape index (κ1) is 16.9. The Morgan fingerprint density at radius 3 is 2.64 bits per heavy atom. The van der Waals surface area contributed by atoms with Crippen LogP contribution >= 0.6 is 11.6 Å². The maximum atomic E-state index is 12.1. The van der Waals surface area contributed by atoms with Gasteiger partial charge in [-0.25, -0.2) is 9.97 Å². The van der Waals surface area contributed by atoms with Gasteiger partial charge in [0.25, 0.3) is 5.91 Å². The summed E-state index contributed by atoms with van der Waals surface area (Å²) < 4.78 is 0. The Bertz CT molecular complexity index is 868. The predicted octanol–water partition coefficient (Wildman–Crippen LogP) is 3.51. The van der Waals surface area contributed by atoms with Crippen LogP contribution in [0.2, 0.25) is 5.02 Å². The van der Waals surface area contributed by atoms with Gasteiger partial charge in [0.1, 0.15) is 0 Å². The minimum Gasteiger partial charge on any atom is -0.346 e. The molecule has 0 spiro atoms. The number of carbonyl (C=O) groups excluding carboxylic acids is 1. The Morgan fingerprint density at radius 1 is 1.12 bits per heavy atom. The number of hydrogen-bond donors (Lipinski definition) is 2. The molecule has 3 rings (SSSR count). The zero-order chi connectivity index (χ0) is 17.6. The lowest BCUT2D eigenvalue weighted by Crippen LogP contribution is -2.23. The smallest absolute Gasteiger partial charge is 0.254 e. The lowest BCUT2D eigenvalue weighted by atomic mass is 10.2. The number of nitrogens with one attached hydrogen (secondary N) is 2. The Balaban J connectivity index is 1.63. The van der Waals surface area contributed by atoms with E-state index in [-0.39, 0.29) is 5.91 Å². The number of hydrogen-bond acceptors (Lipinski definition) is 5. The van der Waals surface area contributed by atoms with E-state index in [4.69, 9.17) is 11.6 Å². The van der Waals surface area contributed by atoms with Crippen molar-refractivity contribution in [3.05, 3.63) is 76.8 Å². The maximum absolute atomic E-state index is 12.1. The molecule has 6 nitrogen and oxygen atoms in total. The van der Waals surface area contributed by atoms with Crippen LogP contribution < -0.4 is 10.6 Å². The third kappa shape index (κ3) is 4.51. The zero-order valence-corrected chi connectivity index (χ0v) is 14.3. The number of pyridine rings is 1. The van der Waals surface area contributed by atoms with E-state index in [0.717, 1.165) is 16.9 Å². The number of benzene rings is 1. The summed E-state index contributed by atoms with van der Waals surface area (Å²) in [6.45, 7) is 2.31. The summed E-state index contributed by atoms with van der Waals surface area (Å²) >= 11 is 6.00. The van der Waals surface area contributed by atoms with E-state index in [1.807, 2.05) is 37.3 Å². The third-order valence-corrected chi connectivity index (χ3v) is 3.75. The van der Waals surface area contributed by atoms with Crippen LogP contribution in [-0.2, 0) is 6.54 Å². The number of aromatic nitrogens is 3.